The van der Waals surface area contributed by atoms with E-state index in [0.29, 0.717) is 59.4 Å². The molecule has 9 fully saturated rings. The molecular formula is C51H83N3O5. The van der Waals surface area contributed by atoms with Crippen molar-refractivity contribution < 1.29 is 24.2 Å². The average molecular weight is 818 g/mol. The predicted octanol–water partition coefficient (Wildman–Crippen LogP) is 9.54. The van der Waals surface area contributed by atoms with Gasteiger partial charge in [0.2, 0.25) is 5.91 Å². The molecule has 8 heteroatoms. The second-order valence-electron chi connectivity index (χ2n) is 25.2. The Morgan fingerprint density at radius 1 is 0.678 bits per heavy atom. The van der Waals surface area contributed by atoms with Gasteiger partial charge in [0.1, 0.15) is 6.10 Å². The standard InChI is InChI=1S/C51H83N3O5/c1-32(2)53-28-26-52(27-29-53)31-33-12-11-25-54(33)44(58)51-20-15-34(47(7)21-22-47)41(51)35-13-14-39-48(8)18-17-40(59-43(57)37-30-36(42(55)56)45(37,3)4)46(5,6)38(48)16-19-50(39,10)49(35,9)23-24-51/h32-41H,11-31H2,1-10H3,(H,55,56)/t33-,34+,35+,36-,37+,38?,39?,40-,41?,48-,49+,50+,51-/m0/s1. The van der Waals surface area contributed by atoms with E-state index in [0.717, 1.165) is 71.4 Å². The van der Waals surface area contributed by atoms with E-state index in [4.69, 9.17) is 4.74 Å². The number of ether oxygens (including phenoxy) is 1. The maximum Gasteiger partial charge on any atom is 0.309 e. The predicted molar refractivity (Wildman–Crippen MR) is 232 cm³/mol. The normalized spacial score (nSPS) is 47.3. The smallest absolute Gasteiger partial charge is 0.309 e. The summed E-state index contributed by atoms with van der Waals surface area (Å²) in [6, 6.07) is 0.977. The third kappa shape index (κ3) is 6.16. The Hall–Kier alpha value is -1.67. The molecule has 9 rings (SSSR count). The first kappa shape index (κ1) is 42.6. The summed E-state index contributed by atoms with van der Waals surface area (Å²) in [4.78, 5) is 48.9. The minimum Gasteiger partial charge on any atom is -0.481 e. The van der Waals surface area contributed by atoms with Crippen molar-refractivity contribution in [3.63, 3.8) is 0 Å². The zero-order valence-electron chi connectivity index (χ0n) is 39.0. The lowest BCUT2D eigenvalue weighted by molar-refractivity contribution is -0.253. The molecule has 7 aliphatic carbocycles. The molecule has 332 valence electrons. The number of carbonyl (C=O) groups is 3. The summed E-state index contributed by atoms with van der Waals surface area (Å²) in [5, 5.41) is 9.72. The summed E-state index contributed by atoms with van der Waals surface area (Å²) < 4.78 is 6.50. The zero-order valence-corrected chi connectivity index (χ0v) is 39.0. The van der Waals surface area contributed by atoms with Crippen molar-refractivity contribution in [1.29, 1.82) is 0 Å². The summed E-state index contributed by atoms with van der Waals surface area (Å²) in [7, 11) is 0. The van der Waals surface area contributed by atoms with Gasteiger partial charge in [0.25, 0.3) is 0 Å². The quantitative estimate of drug-likeness (QED) is 0.244. The van der Waals surface area contributed by atoms with Gasteiger partial charge in [-0.05, 0) is 167 Å². The van der Waals surface area contributed by atoms with Crippen LogP contribution in [0.1, 0.15) is 166 Å². The molecule has 7 saturated carbocycles. The summed E-state index contributed by atoms with van der Waals surface area (Å²) in [5.74, 6) is 1.62. The third-order valence-corrected chi connectivity index (χ3v) is 22.1. The number of hydrogen-bond donors (Lipinski definition) is 1. The van der Waals surface area contributed by atoms with E-state index in [1.165, 1.54) is 57.8 Å². The van der Waals surface area contributed by atoms with Gasteiger partial charge in [-0.25, -0.2) is 0 Å². The molecule has 13 atom stereocenters. The van der Waals surface area contributed by atoms with E-state index in [9.17, 15) is 14.7 Å². The molecule has 1 N–H and O–H groups in total. The fraction of sp³-hybridized carbons (Fsp3) is 0.941. The molecule has 2 aliphatic heterocycles. The minimum absolute atomic E-state index is 0.136. The summed E-state index contributed by atoms with van der Waals surface area (Å²) in [6.45, 7) is 30.5. The molecule has 59 heavy (non-hydrogen) atoms. The maximum absolute atomic E-state index is 15.6. The molecule has 0 radical (unpaired) electrons. The number of piperazine rings is 1. The highest BCUT2D eigenvalue weighted by Crippen LogP contribution is 2.79. The Kier molecular flexibility index (Phi) is 10.2. The van der Waals surface area contributed by atoms with E-state index < -0.39 is 17.3 Å². The van der Waals surface area contributed by atoms with E-state index in [-0.39, 0.29) is 45.1 Å². The molecule has 8 nitrogen and oxygen atoms in total. The van der Waals surface area contributed by atoms with Crippen LogP contribution in [-0.2, 0) is 19.1 Å². The van der Waals surface area contributed by atoms with Gasteiger partial charge in [0, 0.05) is 56.8 Å². The van der Waals surface area contributed by atoms with Gasteiger partial charge < -0.3 is 14.7 Å². The summed E-state index contributed by atoms with van der Waals surface area (Å²) in [6.07, 6.45) is 16.8. The van der Waals surface area contributed by atoms with Gasteiger partial charge in [0.15, 0.2) is 0 Å². The maximum atomic E-state index is 15.6. The minimum atomic E-state index is -0.802. The van der Waals surface area contributed by atoms with E-state index >= 15 is 4.79 Å². The molecule has 0 aromatic heterocycles. The Bertz CT molecular complexity index is 1680. The Morgan fingerprint density at radius 2 is 1.39 bits per heavy atom. The topological polar surface area (TPSA) is 90.4 Å². The zero-order chi connectivity index (χ0) is 42.3. The fourth-order valence-electron chi connectivity index (χ4n) is 17.8. The SMILES string of the molecule is CC(C)N1CCN(C[C@@H]2CCCN2C(=O)[C@]23CC[C@@H](C4(C)CC4)C2[C@H]2CCC4[C@@]5(C)CC[C@H](OC(=O)[C@H]6C[C@@H](C(=O)O)C6(C)C)C(C)(C)C5CC[C@@]4(C)[C@]2(C)CC3)CC1. The molecule has 0 aromatic rings. The van der Waals surface area contributed by atoms with Gasteiger partial charge >= 0.3 is 11.9 Å². The van der Waals surface area contributed by atoms with Crippen molar-refractivity contribution in [3.8, 4) is 0 Å². The first-order valence-electron chi connectivity index (χ1n) is 24.8. The van der Waals surface area contributed by atoms with Gasteiger partial charge in [-0.3, -0.25) is 24.2 Å². The van der Waals surface area contributed by atoms with Crippen molar-refractivity contribution in [3.05, 3.63) is 0 Å². The number of esters is 1. The largest absolute Gasteiger partial charge is 0.481 e. The van der Waals surface area contributed by atoms with Crippen molar-refractivity contribution in [2.45, 2.75) is 184 Å². The second kappa shape index (κ2) is 14.2. The van der Waals surface area contributed by atoms with E-state index in [1.54, 1.807) is 0 Å². The Balaban J connectivity index is 0.947. The summed E-state index contributed by atoms with van der Waals surface area (Å²) in [5.41, 5.74) is 0.0847. The molecule has 2 saturated heterocycles. The van der Waals surface area contributed by atoms with Crippen LogP contribution in [0.15, 0.2) is 0 Å². The number of fused-ring (bicyclic) bond motifs is 7. The Labute approximate surface area is 358 Å². The van der Waals surface area contributed by atoms with Crippen LogP contribution in [0.2, 0.25) is 0 Å². The number of carboxylic acids is 1. The van der Waals surface area contributed by atoms with Crippen molar-refractivity contribution in [2.75, 3.05) is 39.3 Å². The number of aliphatic carboxylic acids is 1. The van der Waals surface area contributed by atoms with Gasteiger partial charge in [-0.15, -0.1) is 0 Å². The highest BCUT2D eigenvalue weighted by molar-refractivity contribution is 5.84. The second-order valence-corrected chi connectivity index (χ2v) is 25.2. The average Bonchev–Trinajstić information content (AvgIpc) is 3.53. The Morgan fingerprint density at radius 3 is 2.03 bits per heavy atom. The van der Waals surface area contributed by atoms with Crippen molar-refractivity contribution in [1.82, 2.24) is 14.7 Å². The molecule has 2 heterocycles. The molecular weight excluding hydrogens is 735 g/mol. The van der Waals surface area contributed by atoms with Crippen LogP contribution in [0.5, 0.6) is 0 Å². The monoisotopic (exact) mass is 818 g/mol. The van der Waals surface area contributed by atoms with E-state index in [1.807, 2.05) is 13.8 Å². The number of carboxylic acid groups (broad SMARTS) is 1. The first-order valence-corrected chi connectivity index (χ1v) is 24.8. The van der Waals surface area contributed by atoms with Crippen molar-refractivity contribution in [2.24, 2.45) is 79.3 Å². The number of rotatable bonds is 8. The number of nitrogens with zero attached hydrogens (tertiary/aromatic N) is 3. The van der Waals surface area contributed by atoms with Gasteiger partial charge in [-0.1, -0.05) is 55.4 Å². The van der Waals surface area contributed by atoms with Gasteiger partial charge in [0.05, 0.1) is 17.3 Å². The van der Waals surface area contributed by atoms with Crippen LogP contribution in [0.4, 0.5) is 0 Å². The molecule has 1 amide bonds. The van der Waals surface area contributed by atoms with Crippen LogP contribution in [0.25, 0.3) is 0 Å². The van der Waals surface area contributed by atoms with E-state index in [2.05, 4.69) is 70.1 Å². The fourth-order valence-corrected chi connectivity index (χ4v) is 17.8. The lowest BCUT2D eigenvalue weighted by Crippen LogP contribution is -2.68. The van der Waals surface area contributed by atoms with Gasteiger partial charge in [-0.2, -0.15) is 0 Å². The number of hydrogen-bond acceptors (Lipinski definition) is 6. The lowest BCUT2D eigenvalue weighted by atomic mass is 9.32. The summed E-state index contributed by atoms with van der Waals surface area (Å²) >= 11 is 0. The third-order valence-electron chi connectivity index (χ3n) is 22.1. The van der Waals surface area contributed by atoms with Crippen LogP contribution in [-0.4, -0.2) is 95.1 Å². The molecule has 0 spiro atoms. The molecule has 3 unspecified atom stereocenters. The number of likely N-dealkylation sites (tertiary alicyclic amines) is 1. The van der Waals surface area contributed by atoms with Crippen LogP contribution in [0.3, 0.4) is 0 Å². The number of amides is 1. The highest BCUT2D eigenvalue weighted by atomic mass is 16.5. The van der Waals surface area contributed by atoms with Crippen LogP contribution >= 0.6 is 0 Å². The number of carbonyl (C=O) groups excluding carboxylic acids is 2. The molecule has 0 bridgehead atoms. The highest BCUT2D eigenvalue weighted by Gasteiger charge is 2.74. The van der Waals surface area contributed by atoms with Crippen LogP contribution < -0.4 is 0 Å². The first-order chi connectivity index (χ1) is 27.6. The van der Waals surface area contributed by atoms with Crippen LogP contribution in [0, 0.1) is 79.3 Å². The molecule has 9 aliphatic rings. The van der Waals surface area contributed by atoms with Crippen molar-refractivity contribution >= 4 is 17.8 Å². The molecule has 0 aromatic carbocycles. The lowest BCUT2D eigenvalue weighted by Gasteiger charge is -2.73.